The van der Waals surface area contributed by atoms with Crippen molar-refractivity contribution in [1.82, 2.24) is 0 Å². The third-order valence-electron chi connectivity index (χ3n) is 2.07. The SMILES string of the molecule is NC1=N/C(=C(/F)C(F)(F)F)C(C(F)(F)F)(C(F)(F)F)S1. The van der Waals surface area contributed by atoms with Crippen LogP contribution < -0.4 is 5.73 Å². The van der Waals surface area contributed by atoms with Crippen LogP contribution in [0.2, 0.25) is 0 Å². The zero-order chi connectivity index (χ0) is 16.1. The van der Waals surface area contributed by atoms with Crippen LogP contribution in [0.15, 0.2) is 16.5 Å². The predicted octanol–water partition coefficient (Wildman–Crippen LogP) is 3.65. The van der Waals surface area contributed by atoms with E-state index in [1.807, 2.05) is 0 Å². The summed E-state index contributed by atoms with van der Waals surface area (Å²) in [4.78, 5) is 2.24. The van der Waals surface area contributed by atoms with Gasteiger partial charge in [0.15, 0.2) is 5.17 Å². The Morgan fingerprint density at radius 3 is 1.65 bits per heavy atom. The Morgan fingerprint density at radius 2 is 1.35 bits per heavy atom. The number of allylic oxidation sites excluding steroid dienone is 1. The van der Waals surface area contributed by atoms with Crippen molar-refractivity contribution in [1.29, 1.82) is 0 Å². The molecular formula is C7H2F10N2S. The van der Waals surface area contributed by atoms with Crippen molar-refractivity contribution in [3.8, 4) is 0 Å². The molecule has 116 valence electrons. The van der Waals surface area contributed by atoms with Crippen LogP contribution >= 0.6 is 11.8 Å². The highest BCUT2D eigenvalue weighted by Crippen LogP contribution is 2.61. The first-order valence-corrected chi connectivity index (χ1v) is 5.10. The van der Waals surface area contributed by atoms with Crippen molar-refractivity contribution < 1.29 is 43.9 Å². The van der Waals surface area contributed by atoms with Crippen LogP contribution in [-0.4, -0.2) is 28.4 Å². The number of aliphatic imine (C=N–C) groups is 1. The Labute approximate surface area is 107 Å². The van der Waals surface area contributed by atoms with Gasteiger partial charge < -0.3 is 5.73 Å². The van der Waals surface area contributed by atoms with E-state index in [1.165, 1.54) is 0 Å². The maximum atomic E-state index is 12.9. The van der Waals surface area contributed by atoms with Gasteiger partial charge in [-0.1, -0.05) is 11.8 Å². The van der Waals surface area contributed by atoms with E-state index in [0.717, 1.165) is 0 Å². The maximum absolute atomic E-state index is 12.9. The lowest BCUT2D eigenvalue weighted by Crippen LogP contribution is -2.55. The minimum absolute atomic E-state index is 1.24. The lowest BCUT2D eigenvalue weighted by atomic mass is 10.0. The molecule has 0 amide bonds. The molecule has 0 saturated heterocycles. The molecule has 20 heavy (non-hydrogen) atoms. The first-order chi connectivity index (χ1) is 8.64. The fourth-order valence-electron chi connectivity index (χ4n) is 1.30. The molecule has 0 aromatic rings. The molecule has 0 radical (unpaired) electrons. The second-order valence-electron chi connectivity index (χ2n) is 3.39. The van der Waals surface area contributed by atoms with Crippen LogP contribution in [0.1, 0.15) is 0 Å². The highest BCUT2D eigenvalue weighted by atomic mass is 32.2. The summed E-state index contributed by atoms with van der Waals surface area (Å²) in [6.07, 6.45) is -18.7. The Kier molecular flexibility index (Phi) is 3.74. The molecule has 0 fully saturated rings. The lowest BCUT2D eigenvalue weighted by Gasteiger charge is -2.32. The second-order valence-corrected chi connectivity index (χ2v) is 4.62. The van der Waals surface area contributed by atoms with Gasteiger partial charge in [0.2, 0.25) is 5.83 Å². The van der Waals surface area contributed by atoms with Gasteiger partial charge in [0.25, 0.3) is 4.75 Å². The van der Waals surface area contributed by atoms with E-state index in [4.69, 9.17) is 0 Å². The first-order valence-electron chi connectivity index (χ1n) is 4.28. The van der Waals surface area contributed by atoms with E-state index in [1.54, 1.807) is 0 Å². The molecule has 0 saturated carbocycles. The monoisotopic (exact) mass is 336 g/mol. The third-order valence-corrected chi connectivity index (χ3v) is 3.33. The zero-order valence-corrected chi connectivity index (χ0v) is 9.53. The Bertz CT molecular complexity index is 453. The molecule has 2 N–H and O–H groups in total. The number of hydrogen-bond acceptors (Lipinski definition) is 3. The second kappa shape index (κ2) is 4.43. The van der Waals surface area contributed by atoms with Crippen molar-refractivity contribution in [3.63, 3.8) is 0 Å². The number of halogens is 10. The molecule has 0 atom stereocenters. The summed E-state index contributed by atoms with van der Waals surface area (Å²) >= 11 is -1.24. The van der Waals surface area contributed by atoms with Gasteiger partial charge in [-0.25, -0.2) is 4.99 Å². The molecule has 0 spiro atoms. The Morgan fingerprint density at radius 1 is 0.950 bits per heavy atom. The number of nitrogens with zero attached hydrogens (tertiary/aromatic N) is 1. The van der Waals surface area contributed by atoms with E-state index >= 15 is 0 Å². The summed E-state index contributed by atoms with van der Waals surface area (Å²) in [7, 11) is 0. The highest BCUT2D eigenvalue weighted by Gasteiger charge is 2.77. The molecular weight excluding hydrogens is 334 g/mol. The molecule has 2 nitrogen and oxygen atoms in total. The summed E-state index contributed by atoms with van der Waals surface area (Å²) < 4.78 is 120. The van der Waals surface area contributed by atoms with E-state index in [2.05, 4.69) is 10.7 Å². The minimum atomic E-state index is -6.29. The fraction of sp³-hybridized carbons (Fsp3) is 0.571. The van der Waals surface area contributed by atoms with E-state index in [0.29, 0.717) is 0 Å². The van der Waals surface area contributed by atoms with Crippen LogP contribution in [0, 0.1) is 0 Å². The minimum Gasteiger partial charge on any atom is -0.378 e. The number of alkyl halides is 9. The van der Waals surface area contributed by atoms with Crippen LogP contribution in [0.25, 0.3) is 0 Å². The number of nitrogens with two attached hydrogens (primary N) is 1. The smallest absolute Gasteiger partial charge is 0.378 e. The molecule has 1 rings (SSSR count). The number of amidine groups is 1. The van der Waals surface area contributed by atoms with Crippen molar-refractivity contribution >= 4 is 16.9 Å². The standard InChI is InChI=1S/C7H2F10N2S/c8-1(5(9,10)11)2-4(6(12,13)14,7(15,16)17)20-3(18)19-2/h(H2,18,19)/b2-1+. The van der Waals surface area contributed by atoms with Crippen molar-refractivity contribution in [3.05, 3.63) is 11.5 Å². The Balaban J connectivity index is 3.71. The molecule has 1 aliphatic rings. The van der Waals surface area contributed by atoms with E-state index in [-0.39, 0.29) is 0 Å². The molecule has 0 aromatic heterocycles. The topological polar surface area (TPSA) is 38.4 Å². The average molecular weight is 336 g/mol. The molecule has 0 unspecified atom stereocenters. The van der Waals surface area contributed by atoms with Gasteiger partial charge in [0, 0.05) is 0 Å². The maximum Gasteiger partial charge on any atom is 0.444 e. The van der Waals surface area contributed by atoms with Gasteiger partial charge in [0.05, 0.1) is 0 Å². The fourth-order valence-corrected chi connectivity index (χ4v) is 2.21. The van der Waals surface area contributed by atoms with Crippen LogP contribution in [0.5, 0.6) is 0 Å². The van der Waals surface area contributed by atoms with Gasteiger partial charge in [-0.05, 0) is 0 Å². The predicted molar refractivity (Wildman–Crippen MR) is 48.2 cm³/mol. The molecule has 1 aliphatic heterocycles. The quantitative estimate of drug-likeness (QED) is 0.686. The average Bonchev–Trinajstić information content (AvgIpc) is 2.52. The van der Waals surface area contributed by atoms with Crippen LogP contribution in [0.4, 0.5) is 43.9 Å². The van der Waals surface area contributed by atoms with Crippen LogP contribution in [0.3, 0.4) is 0 Å². The van der Waals surface area contributed by atoms with Gasteiger partial charge in [0.1, 0.15) is 5.70 Å². The van der Waals surface area contributed by atoms with Crippen molar-refractivity contribution in [2.45, 2.75) is 23.3 Å². The normalized spacial score (nSPS) is 22.8. The number of thioether (sulfide) groups is 1. The highest BCUT2D eigenvalue weighted by molar-refractivity contribution is 8.15. The summed E-state index contributed by atoms with van der Waals surface area (Å²) in [5.41, 5.74) is 1.77. The van der Waals surface area contributed by atoms with Crippen molar-refractivity contribution in [2.24, 2.45) is 10.7 Å². The van der Waals surface area contributed by atoms with E-state index in [9.17, 15) is 43.9 Å². The summed E-state index contributed by atoms with van der Waals surface area (Å²) in [5.74, 6) is -3.60. The largest absolute Gasteiger partial charge is 0.444 e. The lowest BCUT2D eigenvalue weighted by molar-refractivity contribution is -0.253. The number of rotatable bonds is 0. The van der Waals surface area contributed by atoms with Crippen LogP contribution in [-0.2, 0) is 0 Å². The zero-order valence-electron chi connectivity index (χ0n) is 8.71. The van der Waals surface area contributed by atoms with E-state index < -0.39 is 51.7 Å². The molecule has 0 aromatic carbocycles. The van der Waals surface area contributed by atoms with Gasteiger partial charge in [-0.2, -0.15) is 43.9 Å². The van der Waals surface area contributed by atoms with Gasteiger partial charge in [-0.3, -0.25) is 0 Å². The van der Waals surface area contributed by atoms with Gasteiger partial charge >= 0.3 is 18.5 Å². The summed E-state index contributed by atoms with van der Waals surface area (Å²) in [6, 6.07) is 0. The van der Waals surface area contributed by atoms with Crippen molar-refractivity contribution in [2.75, 3.05) is 0 Å². The molecule has 13 heteroatoms. The molecule has 0 aliphatic carbocycles. The molecule has 1 heterocycles. The number of hydrogen-bond donors (Lipinski definition) is 1. The Hall–Kier alpha value is -1.14. The summed E-state index contributed by atoms with van der Waals surface area (Å²) in [5, 5.41) is -1.48. The summed E-state index contributed by atoms with van der Waals surface area (Å²) in [6.45, 7) is 0. The first kappa shape index (κ1) is 16.9. The van der Waals surface area contributed by atoms with Gasteiger partial charge in [-0.15, -0.1) is 0 Å². The molecule has 0 bridgehead atoms. The third kappa shape index (κ3) is 2.42.